The van der Waals surface area contributed by atoms with Gasteiger partial charge in [0.25, 0.3) is 0 Å². The molecule has 1 unspecified atom stereocenters. The second kappa shape index (κ2) is 3.51. The lowest BCUT2D eigenvalue weighted by molar-refractivity contribution is 0.864. The molecule has 1 rings (SSSR count). The fourth-order valence-corrected chi connectivity index (χ4v) is 0.901. The molecular formula is C8H9ClN2. The van der Waals surface area contributed by atoms with Crippen LogP contribution in [0.25, 0.3) is 0 Å². The number of nitrogens with two attached hydrogens (primary N) is 1. The van der Waals surface area contributed by atoms with Crippen molar-refractivity contribution in [3.8, 4) is 0 Å². The number of aromatic nitrogens is 1. The number of halogens is 1. The highest BCUT2D eigenvalue weighted by Crippen LogP contribution is 2.11. The minimum atomic E-state index is -0.228. The Morgan fingerprint density at radius 2 is 2.36 bits per heavy atom. The number of hydrogen-bond acceptors (Lipinski definition) is 2. The molecule has 58 valence electrons. The summed E-state index contributed by atoms with van der Waals surface area (Å²) in [5, 5.41) is 0.458. The monoisotopic (exact) mass is 168 g/mol. The highest BCUT2D eigenvalue weighted by molar-refractivity contribution is 6.29. The van der Waals surface area contributed by atoms with Crippen molar-refractivity contribution in [1.82, 2.24) is 4.98 Å². The van der Waals surface area contributed by atoms with Crippen LogP contribution in [0.3, 0.4) is 0 Å². The van der Waals surface area contributed by atoms with Gasteiger partial charge in [0.15, 0.2) is 0 Å². The van der Waals surface area contributed by atoms with Crippen molar-refractivity contribution >= 4 is 11.6 Å². The third kappa shape index (κ3) is 2.03. The van der Waals surface area contributed by atoms with Crippen molar-refractivity contribution in [3.63, 3.8) is 0 Å². The van der Waals surface area contributed by atoms with Gasteiger partial charge in [-0.25, -0.2) is 4.98 Å². The van der Waals surface area contributed by atoms with Crippen molar-refractivity contribution < 1.29 is 0 Å². The van der Waals surface area contributed by atoms with E-state index < -0.39 is 0 Å². The van der Waals surface area contributed by atoms with Crippen molar-refractivity contribution in [1.29, 1.82) is 0 Å². The predicted octanol–water partition coefficient (Wildman–Crippen LogP) is 1.92. The summed E-state index contributed by atoms with van der Waals surface area (Å²) in [7, 11) is 0. The lowest BCUT2D eigenvalue weighted by Gasteiger charge is -2.03. The van der Waals surface area contributed by atoms with E-state index in [-0.39, 0.29) is 6.04 Å². The van der Waals surface area contributed by atoms with E-state index in [9.17, 15) is 0 Å². The molecule has 0 fully saturated rings. The molecule has 0 bridgehead atoms. The van der Waals surface area contributed by atoms with E-state index >= 15 is 0 Å². The van der Waals surface area contributed by atoms with Crippen LogP contribution in [0.4, 0.5) is 0 Å². The Kier molecular flexibility index (Phi) is 2.63. The molecule has 0 radical (unpaired) electrons. The Balaban J connectivity index is 2.95. The molecule has 0 aliphatic rings. The fraction of sp³-hybridized carbons (Fsp3) is 0.125. The van der Waals surface area contributed by atoms with Gasteiger partial charge in [0.05, 0.1) is 11.7 Å². The summed E-state index contributed by atoms with van der Waals surface area (Å²) in [5.74, 6) is 0. The van der Waals surface area contributed by atoms with Crippen molar-refractivity contribution in [2.24, 2.45) is 5.73 Å². The van der Waals surface area contributed by atoms with Crippen LogP contribution in [-0.2, 0) is 0 Å². The topological polar surface area (TPSA) is 38.9 Å². The zero-order chi connectivity index (χ0) is 8.27. The summed E-state index contributed by atoms with van der Waals surface area (Å²) in [6, 6.07) is 5.11. The van der Waals surface area contributed by atoms with Crippen LogP contribution in [0.15, 0.2) is 30.9 Å². The minimum absolute atomic E-state index is 0.228. The molecule has 0 aliphatic heterocycles. The van der Waals surface area contributed by atoms with Gasteiger partial charge in [0, 0.05) is 0 Å². The summed E-state index contributed by atoms with van der Waals surface area (Å²) in [4.78, 5) is 4.01. The number of hydrogen-bond donors (Lipinski definition) is 1. The second-order valence-electron chi connectivity index (χ2n) is 2.15. The summed E-state index contributed by atoms with van der Waals surface area (Å²) in [5.41, 5.74) is 6.37. The summed E-state index contributed by atoms with van der Waals surface area (Å²) >= 11 is 5.64. The molecule has 2 nitrogen and oxygen atoms in total. The Hall–Kier alpha value is -0.860. The summed E-state index contributed by atoms with van der Waals surface area (Å²) in [6.45, 7) is 3.56. The molecule has 2 N–H and O–H groups in total. The van der Waals surface area contributed by atoms with Crippen LogP contribution in [0, 0.1) is 0 Å². The molecule has 1 heterocycles. The Morgan fingerprint density at radius 3 is 2.91 bits per heavy atom. The highest BCUT2D eigenvalue weighted by Gasteiger charge is 2.01. The van der Waals surface area contributed by atoms with Gasteiger partial charge < -0.3 is 5.73 Å². The zero-order valence-corrected chi connectivity index (χ0v) is 6.75. The Morgan fingerprint density at radius 1 is 1.64 bits per heavy atom. The van der Waals surface area contributed by atoms with E-state index in [1.165, 1.54) is 0 Å². The van der Waals surface area contributed by atoms with Gasteiger partial charge in [0.2, 0.25) is 0 Å². The van der Waals surface area contributed by atoms with Gasteiger partial charge >= 0.3 is 0 Å². The molecular weight excluding hydrogens is 160 g/mol. The molecule has 0 amide bonds. The SMILES string of the molecule is C=CC(N)c1cccc(Cl)n1. The van der Waals surface area contributed by atoms with Crippen LogP contribution in [0.1, 0.15) is 11.7 Å². The summed E-state index contributed by atoms with van der Waals surface area (Å²) in [6.07, 6.45) is 1.62. The zero-order valence-electron chi connectivity index (χ0n) is 6.00. The predicted molar refractivity (Wildman–Crippen MR) is 46.4 cm³/mol. The maximum atomic E-state index is 5.64. The van der Waals surface area contributed by atoms with Gasteiger partial charge in [-0.2, -0.15) is 0 Å². The first kappa shape index (κ1) is 8.24. The van der Waals surface area contributed by atoms with E-state index in [1.807, 2.05) is 12.1 Å². The average Bonchev–Trinajstić information content (AvgIpc) is 2.03. The van der Waals surface area contributed by atoms with Gasteiger partial charge in [-0.05, 0) is 12.1 Å². The van der Waals surface area contributed by atoms with Crippen LogP contribution >= 0.6 is 11.6 Å². The van der Waals surface area contributed by atoms with E-state index in [4.69, 9.17) is 17.3 Å². The quantitative estimate of drug-likeness (QED) is 0.541. The highest BCUT2D eigenvalue weighted by atomic mass is 35.5. The van der Waals surface area contributed by atoms with Crippen LogP contribution in [-0.4, -0.2) is 4.98 Å². The lowest BCUT2D eigenvalue weighted by atomic mass is 10.2. The molecule has 1 aromatic heterocycles. The molecule has 0 aliphatic carbocycles. The third-order valence-electron chi connectivity index (χ3n) is 1.33. The molecule has 0 aromatic carbocycles. The van der Waals surface area contributed by atoms with Crippen LogP contribution in [0.2, 0.25) is 5.15 Å². The van der Waals surface area contributed by atoms with E-state index in [0.717, 1.165) is 5.69 Å². The molecule has 1 aromatic rings. The maximum absolute atomic E-state index is 5.64. The fourth-order valence-electron chi connectivity index (χ4n) is 0.730. The van der Waals surface area contributed by atoms with Crippen molar-refractivity contribution in [2.75, 3.05) is 0 Å². The average molecular weight is 169 g/mol. The third-order valence-corrected chi connectivity index (χ3v) is 1.54. The molecule has 0 saturated carbocycles. The first-order valence-corrected chi connectivity index (χ1v) is 3.62. The number of pyridine rings is 1. The molecule has 11 heavy (non-hydrogen) atoms. The molecule has 1 atom stereocenters. The first-order valence-electron chi connectivity index (χ1n) is 3.24. The second-order valence-corrected chi connectivity index (χ2v) is 2.53. The van der Waals surface area contributed by atoms with Crippen LogP contribution in [0.5, 0.6) is 0 Å². The van der Waals surface area contributed by atoms with Gasteiger partial charge in [-0.15, -0.1) is 6.58 Å². The van der Waals surface area contributed by atoms with Gasteiger partial charge in [0.1, 0.15) is 5.15 Å². The Bertz CT molecular complexity index is 260. The largest absolute Gasteiger partial charge is 0.319 e. The number of rotatable bonds is 2. The maximum Gasteiger partial charge on any atom is 0.129 e. The van der Waals surface area contributed by atoms with Crippen LogP contribution < -0.4 is 5.73 Å². The van der Waals surface area contributed by atoms with Gasteiger partial charge in [-0.1, -0.05) is 23.7 Å². The lowest BCUT2D eigenvalue weighted by Crippen LogP contribution is -2.08. The van der Waals surface area contributed by atoms with E-state index in [1.54, 1.807) is 12.1 Å². The normalized spacial score (nSPS) is 12.5. The van der Waals surface area contributed by atoms with Gasteiger partial charge in [-0.3, -0.25) is 0 Å². The molecule has 0 saturated heterocycles. The molecule has 3 heteroatoms. The van der Waals surface area contributed by atoms with E-state index in [0.29, 0.717) is 5.15 Å². The first-order chi connectivity index (χ1) is 5.24. The Labute approximate surface area is 70.7 Å². The standard InChI is InChI=1S/C8H9ClN2/c1-2-6(10)7-4-3-5-8(9)11-7/h2-6H,1,10H2. The number of nitrogens with zero attached hydrogens (tertiary/aromatic N) is 1. The van der Waals surface area contributed by atoms with Crippen molar-refractivity contribution in [3.05, 3.63) is 41.7 Å². The van der Waals surface area contributed by atoms with E-state index in [2.05, 4.69) is 11.6 Å². The smallest absolute Gasteiger partial charge is 0.129 e. The summed E-state index contributed by atoms with van der Waals surface area (Å²) < 4.78 is 0. The molecule has 0 spiro atoms. The minimum Gasteiger partial charge on any atom is -0.319 e. The van der Waals surface area contributed by atoms with Crippen molar-refractivity contribution in [2.45, 2.75) is 6.04 Å².